The highest BCUT2D eigenvalue weighted by molar-refractivity contribution is 7.90. The zero-order chi connectivity index (χ0) is 22.5. The summed E-state index contributed by atoms with van der Waals surface area (Å²) in [7, 11) is -3.42. The van der Waals surface area contributed by atoms with Gasteiger partial charge in [0.15, 0.2) is 16.4 Å². The molecule has 0 N–H and O–H groups in total. The molecule has 0 aliphatic carbocycles. The lowest BCUT2D eigenvalue weighted by molar-refractivity contribution is -0.157. The van der Waals surface area contributed by atoms with Crippen molar-refractivity contribution in [1.29, 1.82) is 5.26 Å². The van der Waals surface area contributed by atoms with Gasteiger partial charge < -0.3 is 9.47 Å². The molecule has 0 aliphatic rings. The Morgan fingerprint density at radius 3 is 2.37 bits per heavy atom. The van der Waals surface area contributed by atoms with E-state index >= 15 is 0 Å². The summed E-state index contributed by atoms with van der Waals surface area (Å²) < 4.78 is 34.3. The Morgan fingerprint density at radius 1 is 1.10 bits per heavy atom. The predicted octanol–water partition coefficient (Wildman–Crippen LogP) is 3.74. The third-order valence-electron chi connectivity index (χ3n) is 3.57. The molecule has 156 valence electrons. The van der Waals surface area contributed by atoms with Gasteiger partial charge >= 0.3 is 5.97 Å². The van der Waals surface area contributed by atoms with Gasteiger partial charge in [-0.1, -0.05) is 23.4 Å². The van der Waals surface area contributed by atoms with E-state index in [-0.39, 0.29) is 22.3 Å². The Labute approximate surface area is 181 Å². The number of rotatable bonds is 4. The first-order valence-corrected chi connectivity index (χ1v) is 11.1. The molecule has 6 nitrogen and oxygen atoms in total. The normalized spacial score (nSPS) is 11.1. The summed E-state index contributed by atoms with van der Waals surface area (Å²) in [5.41, 5.74) is 0.355. The van der Waals surface area contributed by atoms with Crippen molar-refractivity contribution in [2.45, 2.75) is 31.3 Å². The van der Waals surface area contributed by atoms with Crippen LogP contribution in [0.4, 0.5) is 0 Å². The number of carbonyl (C=O) groups excluding carboxylic acids is 1. The highest BCUT2D eigenvalue weighted by Gasteiger charge is 2.17. The van der Waals surface area contributed by atoms with Crippen LogP contribution in [0.5, 0.6) is 5.75 Å². The summed E-state index contributed by atoms with van der Waals surface area (Å²) in [6.45, 7) is 4.91. The second kappa shape index (κ2) is 9.21. The summed E-state index contributed by atoms with van der Waals surface area (Å²) in [6, 6.07) is 10.8. The lowest BCUT2D eigenvalue weighted by atomic mass is 10.1. The van der Waals surface area contributed by atoms with Gasteiger partial charge in [0.1, 0.15) is 11.4 Å². The molecule has 0 saturated carbocycles. The van der Waals surface area contributed by atoms with E-state index in [9.17, 15) is 13.2 Å². The number of carbonyl (C=O) groups is 1. The first-order chi connectivity index (χ1) is 13.9. The number of nitrogens with zero attached hydrogens (tertiary/aromatic N) is 1. The molecule has 0 heterocycles. The van der Waals surface area contributed by atoms with Crippen LogP contribution >= 0.6 is 11.6 Å². The fourth-order valence-electron chi connectivity index (χ4n) is 2.30. The number of hydrogen-bond acceptors (Lipinski definition) is 6. The summed E-state index contributed by atoms with van der Waals surface area (Å²) in [5.74, 6) is 5.38. The third-order valence-corrected chi connectivity index (χ3v) is 5.01. The van der Waals surface area contributed by atoms with Gasteiger partial charge in [0, 0.05) is 11.8 Å². The van der Waals surface area contributed by atoms with Crippen molar-refractivity contribution >= 4 is 27.4 Å². The van der Waals surface area contributed by atoms with E-state index in [4.69, 9.17) is 26.3 Å². The van der Waals surface area contributed by atoms with Gasteiger partial charge in [0.2, 0.25) is 0 Å². The standard InChI is InChI=1S/C22H20ClNO5S/c1-22(2,3)29-21(25)14-28-20-10-5-15(13-24)11-17(20)7-6-16-12-18(30(4,26)27)8-9-19(16)23/h5,8-12H,14H2,1-4H3. The lowest BCUT2D eigenvalue weighted by Crippen LogP contribution is -2.27. The van der Waals surface area contributed by atoms with Gasteiger partial charge in [-0.2, -0.15) is 5.26 Å². The highest BCUT2D eigenvalue weighted by atomic mass is 35.5. The van der Waals surface area contributed by atoms with E-state index in [1.54, 1.807) is 20.8 Å². The molecule has 0 saturated heterocycles. The first-order valence-electron chi connectivity index (χ1n) is 8.79. The minimum absolute atomic E-state index is 0.0865. The molecule has 0 amide bonds. The monoisotopic (exact) mass is 445 g/mol. The molecule has 2 aromatic carbocycles. The van der Waals surface area contributed by atoms with E-state index in [2.05, 4.69) is 11.8 Å². The van der Waals surface area contributed by atoms with Crippen molar-refractivity contribution in [2.24, 2.45) is 0 Å². The smallest absolute Gasteiger partial charge is 0.344 e. The van der Waals surface area contributed by atoms with Crippen molar-refractivity contribution in [3.8, 4) is 23.7 Å². The van der Waals surface area contributed by atoms with E-state index in [0.29, 0.717) is 16.7 Å². The van der Waals surface area contributed by atoms with Gasteiger partial charge in [0.25, 0.3) is 0 Å². The van der Waals surface area contributed by atoms with E-state index < -0.39 is 21.4 Å². The van der Waals surface area contributed by atoms with Crippen LogP contribution in [0.2, 0.25) is 5.02 Å². The molecule has 8 heteroatoms. The van der Waals surface area contributed by atoms with Gasteiger partial charge in [-0.15, -0.1) is 0 Å². The van der Waals surface area contributed by atoms with Crippen molar-refractivity contribution in [3.05, 3.63) is 58.1 Å². The SMILES string of the molecule is CC(C)(C)OC(=O)COc1ccc(C#N)cc1C#Cc1cc(S(C)(=O)=O)ccc1Cl. The zero-order valence-corrected chi connectivity index (χ0v) is 18.5. The average Bonchev–Trinajstić information content (AvgIpc) is 2.63. The molecule has 2 aromatic rings. The summed E-state index contributed by atoms with van der Waals surface area (Å²) in [4.78, 5) is 12.0. The molecule has 0 bridgehead atoms. The van der Waals surface area contributed by atoms with Gasteiger partial charge in [0.05, 0.1) is 27.1 Å². The van der Waals surface area contributed by atoms with Gasteiger partial charge in [-0.25, -0.2) is 13.2 Å². The Kier molecular flexibility index (Phi) is 7.15. The maximum Gasteiger partial charge on any atom is 0.344 e. The molecule has 0 atom stereocenters. The Balaban J connectivity index is 2.37. The molecule has 0 spiro atoms. The van der Waals surface area contributed by atoms with Crippen LogP contribution in [0, 0.1) is 23.2 Å². The van der Waals surface area contributed by atoms with E-state index in [1.165, 1.54) is 36.4 Å². The molecular formula is C22H20ClNO5S. The van der Waals surface area contributed by atoms with Crippen LogP contribution in [-0.2, 0) is 19.4 Å². The number of sulfone groups is 1. The molecule has 0 unspecified atom stereocenters. The molecule has 30 heavy (non-hydrogen) atoms. The topological polar surface area (TPSA) is 93.5 Å². The fourth-order valence-corrected chi connectivity index (χ4v) is 3.11. The van der Waals surface area contributed by atoms with Crippen molar-refractivity contribution in [1.82, 2.24) is 0 Å². The number of nitriles is 1. The molecule has 0 aliphatic heterocycles. The highest BCUT2D eigenvalue weighted by Crippen LogP contribution is 2.22. The van der Waals surface area contributed by atoms with E-state index in [0.717, 1.165) is 6.26 Å². The first kappa shape index (κ1) is 23.3. The molecule has 0 aromatic heterocycles. The maximum absolute atomic E-state index is 11.9. The molecular weight excluding hydrogens is 426 g/mol. The largest absolute Gasteiger partial charge is 0.481 e. The number of hydrogen-bond donors (Lipinski definition) is 0. The second-order valence-electron chi connectivity index (χ2n) is 7.36. The zero-order valence-electron chi connectivity index (χ0n) is 16.9. The number of halogens is 1. The van der Waals surface area contributed by atoms with Crippen molar-refractivity contribution < 1.29 is 22.7 Å². The summed E-state index contributed by atoms with van der Waals surface area (Å²) >= 11 is 6.13. The number of esters is 1. The van der Waals surface area contributed by atoms with Crippen LogP contribution in [0.1, 0.15) is 37.5 Å². The maximum atomic E-state index is 11.9. The van der Waals surface area contributed by atoms with Crippen LogP contribution in [0.3, 0.4) is 0 Å². The Hall–Kier alpha value is -3.00. The predicted molar refractivity (Wildman–Crippen MR) is 113 cm³/mol. The van der Waals surface area contributed by atoms with Crippen LogP contribution < -0.4 is 4.74 Å². The quantitative estimate of drug-likeness (QED) is 0.525. The van der Waals surface area contributed by atoms with Gasteiger partial charge in [-0.3, -0.25) is 0 Å². The number of benzene rings is 2. The Morgan fingerprint density at radius 2 is 1.77 bits per heavy atom. The third kappa shape index (κ3) is 6.81. The molecule has 0 fully saturated rings. The Bertz CT molecular complexity index is 1180. The minimum atomic E-state index is -3.42. The van der Waals surface area contributed by atoms with Crippen LogP contribution in [0.15, 0.2) is 41.3 Å². The van der Waals surface area contributed by atoms with Gasteiger partial charge in [-0.05, 0) is 57.2 Å². The lowest BCUT2D eigenvalue weighted by Gasteiger charge is -2.19. The van der Waals surface area contributed by atoms with Crippen LogP contribution in [-0.4, -0.2) is 32.9 Å². The van der Waals surface area contributed by atoms with Crippen LogP contribution in [0.25, 0.3) is 0 Å². The average molecular weight is 446 g/mol. The van der Waals surface area contributed by atoms with E-state index in [1.807, 2.05) is 6.07 Å². The van der Waals surface area contributed by atoms with Crippen molar-refractivity contribution in [2.75, 3.05) is 12.9 Å². The molecule has 0 radical (unpaired) electrons. The minimum Gasteiger partial charge on any atom is -0.481 e. The summed E-state index contributed by atoms with van der Waals surface area (Å²) in [5, 5.41) is 9.43. The number of ether oxygens (including phenoxy) is 2. The molecule has 2 rings (SSSR count). The fraction of sp³-hybridized carbons (Fsp3) is 0.273. The second-order valence-corrected chi connectivity index (χ2v) is 9.78. The summed E-state index contributed by atoms with van der Waals surface area (Å²) in [6.07, 6.45) is 1.09. The van der Waals surface area contributed by atoms with Crippen molar-refractivity contribution in [3.63, 3.8) is 0 Å².